The van der Waals surface area contributed by atoms with E-state index in [1.54, 1.807) is 13.3 Å². The van der Waals surface area contributed by atoms with Crippen LogP contribution in [-0.2, 0) is 9.47 Å². The number of nitrogens with zero attached hydrogens (tertiary/aromatic N) is 2. The molecule has 1 aromatic heterocycles. The molecule has 1 amide bonds. The Bertz CT molecular complexity index is 728. The lowest BCUT2D eigenvalue weighted by atomic mass is 10.1. The van der Waals surface area contributed by atoms with Gasteiger partial charge in [-0.2, -0.15) is 0 Å². The molecule has 1 aliphatic carbocycles. The number of hydrogen-bond acceptors (Lipinski definition) is 4. The second-order valence-corrected chi connectivity index (χ2v) is 6.13. The number of pyridine rings is 1. The zero-order valence-electron chi connectivity index (χ0n) is 13.1. The van der Waals surface area contributed by atoms with Crippen LogP contribution in [0, 0.1) is 0 Å². The van der Waals surface area contributed by atoms with E-state index in [2.05, 4.69) is 4.98 Å². The molecule has 1 aromatic carbocycles. The summed E-state index contributed by atoms with van der Waals surface area (Å²) in [6.07, 6.45) is 3.66. The third-order valence-corrected chi connectivity index (χ3v) is 4.97. The summed E-state index contributed by atoms with van der Waals surface area (Å²) in [6.45, 7) is 1.17. The Balaban J connectivity index is 1.72. The predicted molar refractivity (Wildman–Crippen MR) is 86.3 cm³/mol. The van der Waals surface area contributed by atoms with Gasteiger partial charge in [0.25, 0.3) is 5.91 Å². The van der Waals surface area contributed by atoms with E-state index in [-0.39, 0.29) is 24.2 Å². The smallest absolute Gasteiger partial charge is 0.255 e. The maximum atomic E-state index is 13.2. The van der Waals surface area contributed by atoms with Crippen LogP contribution in [0.15, 0.2) is 36.5 Å². The number of fused-ring (bicyclic) bond motifs is 3. The summed E-state index contributed by atoms with van der Waals surface area (Å²) < 4.78 is 11.5. The molecule has 1 saturated carbocycles. The molecule has 2 aromatic rings. The van der Waals surface area contributed by atoms with E-state index in [0.717, 1.165) is 23.7 Å². The molecule has 23 heavy (non-hydrogen) atoms. The molecule has 5 nitrogen and oxygen atoms in total. The van der Waals surface area contributed by atoms with E-state index in [0.29, 0.717) is 18.7 Å². The van der Waals surface area contributed by atoms with Gasteiger partial charge in [0.1, 0.15) is 6.10 Å². The Morgan fingerprint density at radius 1 is 1.30 bits per heavy atom. The molecule has 0 N–H and O–H groups in total. The van der Waals surface area contributed by atoms with Crippen molar-refractivity contribution in [3.63, 3.8) is 0 Å². The molecule has 2 fully saturated rings. The van der Waals surface area contributed by atoms with Gasteiger partial charge in [0, 0.05) is 25.2 Å². The van der Waals surface area contributed by atoms with Gasteiger partial charge in [0.15, 0.2) is 0 Å². The van der Waals surface area contributed by atoms with Crippen LogP contribution in [0.1, 0.15) is 23.2 Å². The highest BCUT2D eigenvalue weighted by Crippen LogP contribution is 2.33. The maximum absolute atomic E-state index is 13.2. The number of para-hydroxylation sites is 1. The highest BCUT2D eigenvalue weighted by atomic mass is 16.5. The van der Waals surface area contributed by atoms with Crippen LogP contribution in [0.25, 0.3) is 10.9 Å². The van der Waals surface area contributed by atoms with Crippen LogP contribution >= 0.6 is 0 Å². The number of benzene rings is 1. The van der Waals surface area contributed by atoms with Crippen molar-refractivity contribution in [2.75, 3.05) is 20.3 Å². The third-order valence-electron chi connectivity index (χ3n) is 4.97. The van der Waals surface area contributed by atoms with Gasteiger partial charge in [0.05, 0.1) is 29.8 Å². The Kier molecular flexibility index (Phi) is 3.75. The minimum atomic E-state index is -0.0328. The molecule has 2 heterocycles. The summed E-state index contributed by atoms with van der Waals surface area (Å²) in [4.78, 5) is 19.5. The van der Waals surface area contributed by atoms with E-state index in [9.17, 15) is 4.79 Å². The molecule has 4 rings (SSSR count). The zero-order chi connectivity index (χ0) is 15.8. The van der Waals surface area contributed by atoms with Gasteiger partial charge in [-0.25, -0.2) is 0 Å². The highest BCUT2D eigenvalue weighted by molar-refractivity contribution is 6.06. The Morgan fingerprint density at radius 3 is 3.04 bits per heavy atom. The van der Waals surface area contributed by atoms with Crippen LogP contribution in [0.2, 0.25) is 0 Å². The maximum Gasteiger partial charge on any atom is 0.255 e. The molecule has 2 aliphatic rings. The zero-order valence-corrected chi connectivity index (χ0v) is 13.1. The minimum absolute atomic E-state index is 0.0328. The molecule has 2 bridgehead atoms. The first-order chi connectivity index (χ1) is 11.3. The van der Waals surface area contributed by atoms with Crippen molar-refractivity contribution in [2.45, 2.75) is 31.1 Å². The van der Waals surface area contributed by atoms with Gasteiger partial charge < -0.3 is 14.4 Å². The average molecular weight is 312 g/mol. The largest absolute Gasteiger partial charge is 0.377 e. The minimum Gasteiger partial charge on any atom is -0.377 e. The average Bonchev–Trinajstić information content (AvgIpc) is 2.89. The predicted octanol–water partition coefficient (Wildman–Crippen LogP) is 2.25. The summed E-state index contributed by atoms with van der Waals surface area (Å²) in [5.41, 5.74) is 1.55. The second-order valence-electron chi connectivity index (χ2n) is 6.13. The molecule has 1 saturated heterocycles. The van der Waals surface area contributed by atoms with Gasteiger partial charge in [-0.3, -0.25) is 9.78 Å². The van der Waals surface area contributed by atoms with Gasteiger partial charge in [0.2, 0.25) is 0 Å². The van der Waals surface area contributed by atoms with Crippen molar-refractivity contribution in [2.24, 2.45) is 0 Å². The number of methoxy groups -OCH3 is 1. The fraction of sp³-hybridized carbons (Fsp3) is 0.444. The molecule has 120 valence electrons. The SMILES string of the molecule is CO[C@H]1[C@H]2CC[C@H]1OCCN2C(=O)c1ccnc2ccccc12. The van der Waals surface area contributed by atoms with Crippen LogP contribution in [0.3, 0.4) is 0 Å². The highest BCUT2D eigenvalue weighted by Gasteiger charge is 2.44. The van der Waals surface area contributed by atoms with Crippen LogP contribution in [0.5, 0.6) is 0 Å². The molecule has 3 atom stereocenters. The molecule has 5 heteroatoms. The lowest BCUT2D eigenvalue weighted by molar-refractivity contribution is -0.0316. The lowest BCUT2D eigenvalue weighted by Gasteiger charge is -2.31. The second kappa shape index (κ2) is 5.91. The number of carbonyl (C=O) groups is 1. The van der Waals surface area contributed by atoms with E-state index >= 15 is 0 Å². The van der Waals surface area contributed by atoms with E-state index < -0.39 is 0 Å². The summed E-state index contributed by atoms with van der Waals surface area (Å²) in [5.74, 6) is 0.0433. The number of ether oxygens (including phenoxy) is 2. The first-order valence-electron chi connectivity index (χ1n) is 8.08. The third kappa shape index (κ3) is 2.40. The molecule has 0 unspecified atom stereocenters. The Morgan fingerprint density at radius 2 is 2.17 bits per heavy atom. The van der Waals surface area contributed by atoms with Crippen molar-refractivity contribution in [3.8, 4) is 0 Å². The van der Waals surface area contributed by atoms with Crippen molar-refractivity contribution >= 4 is 16.8 Å². The standard InChI is InChI=1S/C18H20N2O3/c1-22-17-15-6-7-16(17)23-11-10-20(15)18(21)13-8-9-19-14-5-3-2-4-12(13)14/h2-5,8-9,15-17H,6-7,10-11H2,1H3/t15-,16-,17+/m1/s1. The van der Waals surface area contributed by atoms with E-state index in [1.165, 1.54) is 0 Å². The van der Waals surface area contributed by atoms with Crippen molar-refractivity contribution in [1.29, 1.82) is 0 Å². The number of amides is 1. The van der Waals surface area contributed by atoms with Gasteiger partial charge in [-0.05, 0) is 25.0 Å². The Labute approximate surface area is 135 Å². The number of rotatable bonds is 2. The van der Waals surface area contributed by atoms with Crippen LogP contribution in [-0.4, -0.2) is 54.3 Å². The molecule has 0 spiro atoms. The summed E-state index contributed by atoms with van der Waals surface area (Å²) >= 11 is 0. The summed E-state index contributed by atoms with van der Waals surface area (Å²) in [5, 5.41) is 0.897. The first kappa shape index (κ1) is 14.6. The molecular formula is C18H20N2O3. The Hall–Kier alpha value is -1.98. The molecule has 1 aliphatic heterocycles. The van der Waals surface area contributed by atoms with Crippen molar-refractivity contribution in [3.05, 3.63) is 42.1 Å². The fourth-order valence-corrected chi connectivity index (χ4v) is 3.89. The number of aromatic nitrogens is 1. The molecular weight excluding hydrogens is 292 g/mol. The summed E-state index contributed by atoms with van der Waals surface area (Å²) in [6, 6.07) is 9.66. The number of hydrogen-bond donors (Lipinski definition) is 0. The molecule has 0 radical (unpaired) electrons. The van der Waals surface area contributed by atoms with Crippen LogP contribution < -0.4 is 0 Å². The van der Waals surface area contributed by atoms with Crippen molar-refractivity contribution < 1.29 is 14.3 Å². The normalized spacial score (nSPS) is 27.2. The summed E-state index contributed by atoms with van der Waals surface area (Å²) in [7, 11) is 1.70. The van der Waals surface area contributed by atoms with Gasteiger partial charge in [-0.15, -0.1) is 0 Å². The van der Waals surface area contributed by atoms with E-state index in [4.69, 9.17) is 9.47 Å². The first-order valence-corrected chi connectivity index (χ1v) is 8.08. The van der Waals surface area contributed by atoms with Gasteiger partial charge >= 0.3 is 0 Å². The van der Waals surface area contributed by atoms with E-state index in [1.807, 2.05) is 35.2 Å². The van der Waals surface area contributed by atoms with Crippen LogP contribution in [0.4, 0.5) is 0 Å². The van der Waals surface area contributed by atoms with Gasteiger partial charge in [-0.1, -0.05) is 18.2 Å². The monoisotopic (exact) mass is 312 g/mol. The number of carbonyl (C=O) groups excluding carboxylic acids is 1. The quantitative estimate of drug-likeness (QED) is 0.853. The fourth-order valence-electron chi connectivity index (χ4n) is 3.89. The lowest BCUT2D eigenvalue weighted by Crippen LogP contribution is -2.46. The van der Waals surface area contributed by atoms with Crippen molar-refractivity contribution in [1.82, 2.24) is 9.88 Å². The topological polar surface area (TPSA) is 51.7 Å².